The molecule has 318 valence electrons. The van der Waals surface area contributed by atoms with Gasteiger partial charge in [0.2, 0.25) is 0 Å². The zero-order valence-corrected chi connectivity index (χ0v) is 36.5. The van der Waals surface area contributed by atoms with Crippen LogP contribution in [0.2, 0.25) is 0 Å². The van der Waals surface area contributed by atoms with Gasteiger partial charge >= 0.3 is 0 Å². The van der Waals surface area contributed by atoms with Crippen molar-refractivity contribution in [2.45, 2.75) is 0 Å². The van der Waals surface area contributed by atoms with E-state index in [9.17, 15) is 0 Å². The number of hydrogen-bond acceptors (Lipinski definition) is 6. The van der Waals surface area contributed by atoms with Crippen LogP contribution in [0.15, 0.2) is 231 Å². The van der Waals surface area contributed by atoms with Gasteiger partial charge in [-0.2, -0.15) is 0 Å². The van der Waals surface area contributed by atoms with Gasteiger partial charge in [0.1, 0.15) is 11.6 Å². The molecule has 13 rings (SSSR count). The minimum absolute atomic E-state index is 0.638. The van der Waals surface area contributed by atoms with Gasteiger partial charge in [0.05, 0.1) is 22.1 Å². The van der Waals surface area contributed by atoms with Crippen molar-refractivity contribution < 1.29 is 0 Å². The molecule has 0 unspecified atom stereocenters. The first-order valence-corrected chi connectivity index (χ1v) is 22.6. The fraction of sp³-hybridized carbons (Fsp3) is 0. The zero-order valence-electron chi connectivity index (χ0n) is 36.5. The molecule has 0 aliphatic heterocycles. The normalized spacial score (nSPS) is 11.5. The maximum Gasteiger partial charge on any atom is 0.160 e. The Morgan fingerprint density at radius 2 is 0.632 bits per heavy atom. The number of nitrogens with zero attached hydrogens (tertiary/aromatic N) is 8. The standard InChI is InChI=1S/C60H38N8/c1-5-15-39(16-6-1)59-65-51-37-43(25-29-53(51)67(59)45-19-9-3-10-20-45)41-23-27-47-49(35-41)55(57-61-31-13-32-62-57)48-28-24-42(36-50(48)56(47)58-63-33-14-34-64-58)44-26-30-54-52(38-44)66-60(40-17-7-2-8-18-40)68(54)46-21-11-4-12-22-46/h1-38H. The van der Waals surface area contributed by atoms with Crippen LogP contribution in [0, 0.1) is 0 Å². The van der Waals surface area contributed by atoms with Crippen molar-refractivity contribution in [1.29, 1.82) is 0 Å². The molecule has 8 heteroatoms. The highest BCUT2D eigenvalue weighted by atomic mass is 15.1. The summed E-state index contributed by atoms with van der Waals surface area (Å²) in [6.07, 6.45) is 7.23. The lowest BCUT2D eigenvalue weighted by Gasteiger charge is -2.18. The summed E-state index contributed by atoms with van der Waals surface area (Å²) in [4.78, 5) is 30.0. The molecule has 0 radical (unpaired) electrons. The van der Waals surface area contributed by atoms with E-state index >= 15 is 0 Å². The molecule has 4 aromatic heterocycles. The number of benzene rings is 9. The highest BCUT2D eigenvalue weighted by Crippen LogP contribution is 2.45. The lowest BCUT2D eigenvalue weighted by atomic mass is 9.87. The third kappa shape index (κ3) is 6.62. The average molecular weight is 871 g/mol. The van der Waals surface area contributed by atoms with Gasteiger partial charge < -0.3 is 0 Å². The Morgan fingerprint density at radius 3 is 1.03 bits per heavy atom. The number of fused-ring (bicyclic) bond motifs is 4. The van der Waals surface area contributed by atoms with Gasteiger partial charge in [0.15, 0.2) is 11.6 Å². The van der Waals surface area contributed by atoms with Crippen LogP contribution in [0.3, 0.4) is 0 Å². The lowest BCUT2D eigenvalue weighted by Crippen LogP contribution is -1.97. The number of rotatable bonds is 8. The molecule has 68 heavy (non-hydrogen) atoms. The van der Waals surface area contributed by atoms with E-state index < -0.39 is 0 Å². The molecule has 0 spiro atoms. The Morgan fingerprint density at radius 1 is 0.279 bits per heavy atom. The molecule has 0 atom stereocenters. The molecule has 4 heterocycles. The van der Waals surface area contributed by atoms with Gasteiger partial charge in [-0.25, -0.2) is 29.9 Å². The maximum atomic E-state index is 5.27. The van der Waals surface area contributed by atoms with Gasteiger partial charge in [0.25, 0.3) is 0 Å². The first-order chi connectivity index (χ1) is 33.7. The topological polar surface area (TPSA) is 87.2 Å². The van der Waals surface area contributed by atoms with Gasteiger partial charge in [-0.05, 0) is 117 Å². The minimum Gasteiger partial charge on any atom is -0.292 e. The number of hydrogen-bond donors (Lipinski definition) is 0. The summed E-state index contributed by atoms with van der Waals surface area (Å²) < 4.78 is 4.48. The van der Waals surface area contributed by atoms with Crippen LogP contribution in [0.1, 0.15) is 0 Å². The SMILES string of the molecule is c1ccc(-c2nc3cc(-c4ccc5c(-c6ncccn6)c6cc(-c7ccc8c(c7)nc(-c7ccccc7)n8-c7ccccc7)ccc6c(-c6ncccn6)c5c4)ccc3n2-c2ccccc2)cc1. The van der Waals surface area contributed by atoms with Crippen molar-refractivity contribution in [3.8, 4) is 79.2 Å². The molecule has 0 aliphatic rings. The van der Waals surface area contributed by atoms with Crippen molar-refractivity contribution in [2.24, 2.45) is 0 Å². The summed E-state index contributed by atoms with van der Waals surface area (Å²) in [7, 11) is 0. The van der Waals surface area contributed by atoms with Crippen LogP contribution in [0.25, 0.3) is 123 Å². The zero-order chi connectivity index (χ0) is 45.0. The molecule has 0 bridgehead atoms. The van der Waals surface area contributed by atoms with E-state index in [4.69, 9.17) is 29.9 Å². The molecule has 9 aromatic carbocycles. The van der Waals surface area contributed by atoms with E-state index in [0.29, 0.717) is 11.6 Å². The molecular weight excluding hydrogens is 833 g/mol. The van der Waals surface area contributed by atoms with Gasteiger partial charge in [-0.15, -0.1) is 0 Å². The Bertz CT molecular complexity index is 3720. The summed E-state index contributed by atoms with van der Waals surface area (Å²) >= 11 is 0. The van der Waals surface area contributed by atoms with Gasteiger partial charge in [0, 0.05) is 58.4 Å². The number of aromatic nitrogens is 8. The molecule has 0 N–H and O–H groups in total. The molecule has 0 aliphatic carbocycles. The summed E-state index contributed by atoms with van der Waals surface area (Å²) in [5, 5.41) is 3.99. The third-order valence-corrected chi connectivity index (χ3v) is 12.8. The molecular formula is C60H38N8. The monoisotopic (exact) mass is 870 g/mol. The van der Waals surface area contributed by atoms with Crippen LogP contribution in [-0.4, -0.2) is 39.0 Å². The predicted octanol–water partition coefficient (Wildman–Crippen LogP) is 14.3. The highest BCUT2D eigenvalue weighted by molar-refractivity contribution is 6.21. The van der Waals surface area contributed by atoms with E-state index in [-0.39, 0.29) is 0 Å². The van der Waals surface area contributed by atoms with Gasteiger partial charge in [-0.3, -0.25) is 9.13 Å². The molecule has 0 saturated carbocycles. The summed E-state index contributed by atoms with van der Waals surface area (Å²) in [6.45, 7) is 0. The van der Waals surface area contributed by atoms with Gasteiger partial charge in [-0.1, -0.05) is 133 Å². The van der Waals surface area contributed by atoms with Crippen LogP contribution < -0.4 is 0 Å². The Hall–Kier alpha value is -9.40. The highest BCUT2D eigenvalue weighted by Gasteiger charge is 2.23. The second-order valence-corrected chi connectivity index (χ2v) is 16.8. The lowest BCUT2D eigenvalue weighted by molar-refractivity contribution is 1.10. The smallest absolute Gasteiger partial charge is 0.160 e. The van der Waals surface area contributed by atoms with Crippen molar-refractivity contribution in [3.63, 3.8) is 0 Å². The van der Waals surface area contributed by atoms with Crippen molar-refractivity contribution >= 4 is 43.6 Å². The summed E-state index contributed by atoms with van der Waals surface area (Å²) in [5.74, 6) is 3.06. The molecule has 0 amide bonds. The quantitative estimate of drug-likeness (QED) is 0.141. The third-order valence-electron chi connectivity index (χ3n) is 12.8. The van der Waals surface area contributed by atoms with Crippen molar-refractivity contribution in [2.75, 3.05) is 0 Å². The van der Waals surface area contributed by atoms with Crippen LogP contribution in [0.4, 0.5) is 0 Å². The van der Waals surface area contributed by atoms with E-state index in [1.807, 2.05) is 36.4 Å². The second kappa shape index (κ2) is 16.2. The van der Waals surface area contributed by atoms with Crippen molar-refractivity contribution in [3.05, 3.63) is 231 Å². The average Bonchev–Trinajstić information content (AvgIpc) is 4.00. The van der Waals surface area contributed by atoms with E-state index in [1.165, 1.54) is 0 Å². The summed E-state index contributed by atoms with van der Waals surface area (Å²) in [6, 6.07) is 71.7. The second-order valence-electron chi connectivity index (χ2n) is 16.8. The molecule has 0 fully saturated rings. The van der Waals surface area contributed by atoms with Crippen LogP contribution in [-0.2, 0) is 0 Å². The number of para-hydroxylation sites is 2. The first kappa shape index (κ1) is 39.0. The maximum absolute atomic E-state index is 5.27. The van der Waals surface area contributed by atoms with Crippen LogP contribution in [0.5, 0.6) is 0 Å². The Balaban J connectivity index is 1.01. The molecule has 13 aromatic rings. The summed E-state index contributed by atoms with van der Waals surface area (Å²) in [5.41, 5.74) is 14.1. The Labute approximate surface area is 391 Å². The predicted molar refractivity (Wildman–Crippen MR) is 275 cm³/mol. The first-order valence-electron chi connectivity index (χ1n) is 22.6. The Kier molecular flexibility index (Phi) is 9.31. The van der Waals surface area contributed by atoms with E-state index in [1.54, 1.807) is 24.8 Å². The fourth-order valence-electron chi connectivity index (χ4n) is 9.68. The van der Waals surface area contributed by atoms with Crippen molar-refractivity contribution in [1.82, 2.24) is 39.0 Å². The number of imidazole rings is 2. The fourth-order valence-corrected chi connectivity index (χ4v) is 9.68. The molecule has 0 saturated heterocycles. The minimum atomic E-state index is 0.638. The van der Waals surface area contributed by atoms with E-state index in [0.717, 1.165) is 111 Å². The van der Waals surface area contributed by atoms with E-state index in [2.05, 4.69) is 179 Å². The van der Waals surface area contributed by atoms with Crippen LogP contribution >= 0.6 is 0 Å². The molecule has 8 nitrogen and oxygen atoms in total. The largest absolute Gasteiger partial charge is 0.292 e.